The number of likely N-dealkylation sites (tertiary alicyclic amines) is 1. The maximum atomic E-state index is 3.49. The standard InChI is InChI=1S/C16H28N2S/c1-4-14-6-5-9-18(11-14)12-16-8-7-15(19-16)10-17-13(2)3/h7-8,13-14,17H,4-6,9-12H2,1-3H3. The summed E-state index contributed by atoms with van der Waals surface area (Å²) in [6, 6.07) is 5.17. The summed E-state index contributed by atoms with van der Waals surface area (Å²) in [6.45, 7) is 11.5. The molecule has 1 aromatic heterocycles. The highest BCUT2D eigenvalue weighted by atomic mass is 32.1. The highest BCUT2D eigenvalue weighted by Gasteiger charge is 2.18. The lowest BCUT2D eigenvalue weighted by Crippen LogP contribution is -2.34. The second-order valence-electron chi connectivity index (χ2n) is 6.06. The van der Waals surface area contributed by atoms with Crippen molar-refractivity contribution in [3.63, 3.8) is 0 Å². The fraction of sp³-hybridized carbons (Fsp3) is 0.750. The first kappa shape index (κ1) is 15.0. The molecule has 0 spiro atoms. The van der Waals surface area contributed by atoms with Crippen molar-refractivity contribution in [2.45, 2.75) is 59.2 Å². The zero-order chi connectivity index (χ0) is 13.7. The van der Waals surface area contributed by atoms with Gasteiger partial charge in [0, 0.05) is 35.4 Å². The lowest BCUT2D eigenvalue weighted by molar-refractivity contribution is 0.166. The molecule has 2 nitrogen and oxygen atoms in total. The second-order valence-corrected chi connectivity index (χ2v) is 7.31. The minimum absolute atomic E-state index is 0.568. The van der Waals surface area contributed by atoms with Crippen molar-refractivity contribution in [2.24, 2.45) is 5.92 Å². The zero-order valence-electron chi connectivity index (χ0n) is 12.6. The first-order chi connectivity index (χ1) is 9.17. The van der Waals surface area contributed by atoms with Crippen molar-refractivity contribution in [1.82, 2.24) is 10.2 Å². The molecule has 2 rings (SSSR count). The molecule has 0 radical (unpaired) electrons. The van der Waals surface area contributed by atoms with Gasteiger partial charge in [0.15, 0.2) is 0 Å². The molecule has 1 N–H and O–H groups in total. The van der Waals surface area contributed by atoms with Crippen LogP contribution in [0.1, 0.15) is 49.8 Å². The molecule has 1 aromatic rings. The summed E-state index contributed by atoms with van der Waals surface area (Å²) in [5, 5.41) is 3.49. The largest absolute Gasteiger partial charge is 0.310 e. The average molecular weight is 280 g/mol. The van der Waals surface area contributed by atoms with Gasteiger partial charge in [0.1, 0.15) is 0 Å². The molecule has 0 amide bonds. The number of hydrogen-bond acceptors (Lipinski definition) is 3. The van der Waals surface area contributed by atoms with Crippen molar-refractivity contribution in [3.05, 3.63) is 21.9 Å². The van der Waals surface area contributed by atoms with E-state index in [1.165, 1.54) is 42.1 Å². The number of nitrogens with one attached hydrogen (secondary N) is 1. The lowest BCUT2D eigenvalue weighted by Gasteiger charge is -2.31. The van der Waals surface area contributed by atoms with Gasteiger partial charge in [0.05, 0.1) is 0 Å². The molecule has 0 aliphatic carbocycles. The van der Waals surface area contributed by atoms with Crippen LogP contribution >= 0.6 is 11.3 Å². The molecule has 1 saturated heterocycles. The van der Waals surface area contributed by atoms with Crippen LogP contribution in [0.2, 0.25) is 0 Å². The molecular formula is C16H28N2S. The van der Waals surface area contributed by atoms with Crippen LogP contribution in [0.25, 0.3) is 0 Å². The Morgan fingerprint density at radius 1 is 1.37 bits per heavy atom. The van der Waals surface area contributed by atoms with Crippen LogP contribution in [0, 0.1) is 5.92 Å². The van der Waals surface area contributed by atoms with E-state index in [1.807, 2.05) is 11.3 Å². The Kier molecular flexibility index (Phi) is 5.86. The Morgan fingerprint density at radius 3 is 2.89 bits per heavy atom. The smallest absolute Gasteiger partial charge is 0.0328 e. The second kappa shape index (κ2) is 7.41. The van der Waals surface area contributed by atoms with E-state index in [1.54, 1.807) is 0 Å². The molecule has 1 aliphatic rings. The number of rotatable bonds is 6. The monoisotopic (exact) mass is 280 g/mol. The molecule has 1 aliphatic heterocycles. The fourth-order valence-electron chi connectivity index (χ4n) is 2.76. The third kappa shape index (κ3) is 4.90. The predicted molar refractivity (Wildman–Crippen MR) is 84.6 cm³/mol. The van der Waals surface area contributed by atoms with Gasteiger partial charge in [-0.3, -0.25) is 4.90 Å². The average Bonchev–Trinajstić information content (AvgIpc) is 2.84. The highest BCUT2D eigenvalue weighted by Crippen LogP contribution is 2.23. The van der Waals surface area contributed by atoms with Crippen LogP contribution in [0.4, 0.5) is 0 Å². The third-order valence-corrected chi connectivity index (χ3v) is 5.03. The maximum Gasteiger partial charge on any atom is 0.0328 e. The van der Waals surface area contributed by atoms with E-state index in [0.717, 1.165) is 19.0 Å². The summed E-state index contributed by atoms with van der Waals surface area (Å²) in [7, 11) is 0. The van der Waals surface area contributed by atoms with Crippen LogP contribution in [0.3, 0.4) is 0 Å². The van der Waals surface area contributed by atoms with Gasteiger partial charge in [-0.2, -0.15) is 0 Å². The summed E-state index contributed by atoms with van der Waals surface area (Å²) in [5.41, 5.74) is 0. The van der Waals surface area contributed by atoms with Gasteiger partial charge in [-0.15, -0.1) is 11.3 Å². The normalized spacial score (nSPS) is 21.2. The molecular weight excluding hydrogens is 252 g/mol. The van der Waals surface area contributed by atoms with Crippen LogP contribution < -0.4 is 5.32 Å². The minimum Gasteiger partial charge on any atom is -0.310 e. The first-order valence-corrected chi connectivity index (χ1v) is 8.52. The first-order valence-electron chi connectivity index (χ1n) is 7.70. The van der Waals surface area contributed by atoms with Crippen molar-refractivity contribution in [3.8, 4) is 0 Å². The van der Waals surface area contributed by atoms with E-state index in [0.29, 0.717) is 6.04 Å². The third-order valence-electron chi connectivity index (χ3n) is 3.96. The van der Waals surface area contributed by atoms with E-state index in [2.05, 4.69) is 43.1 Å². The number of thiophene rings is 1. The molecule has 0 bridgehead atoms. The molecule has 0 saturated carbocycles. The summed E-state index contributed by atoms with van der Waals surface area (Å²) in [6.07, 6.45) is 4.15. The van der Waals surface area contributed by atoms with Crippen LogP contribution in [0.5, 0.6) is 0 Å². The van der Waals surface area contributed by atoms with Gasteiger partial charge in [-0.05, 0) is 37.4 Å². The van der Waals surface area contributed by atoms with E-state index < -0.39 is 0 Å². The summed E-state index contributed by atoms with van der Waals surface area (Å²) in [4.78, 5) is 5.63. The molecule has 3 heteroatoms. The maximum absolute atomic E-state index is 3.49. The van der Waals surface area contributed by atoms with Crippen molar-refractivity contribution < 1.29 is 0 Å². The van der Waals surface area contributed by atoms with Crippen molar-refractivity contribution in [1.29, 1.82) is 0 Å². The minimum atomic E-state index is 0.568. The van der Waals surface area contributed by atoms with E-state index >= 15 is 0 Å². The Labute approximate surface area is 122 Å². The Hall–Kier alpha value is -0.380. The Bertz CT molecular complexity index is 373. The van der Waals surface area contributed by atoms with Gasteiger partial charge >= 0.3 is 0 Å². The van der Waals surface area contributed by atoms with Crippen molar-refractivity contribution >= 4 is 11.3 Å². The van der Waals surface area contributed by atoms with Gasteiger partial charge in [-0.1, -0.05) is 27.2 Å². The number of hydrogen-bond donors (Lipinski definition) is 1. The summed E-state index contributed by atoms with van der Waals surface area (Å²) in [5.74, 6) is 0.927. The molecule has 1 atom stereocenters. The number of piperidine rings is 1. The van der Waals surface area contributed by atoms with Crippen molar-refractivity contribution in [2.75, 3.05) is 13.1 Å². The van der Waals surface area contributed by atoms with E-state index in [4.69, 9.17) is 0 Å². The fourth-order valence-corrected chi connectivity index (χ4v) is 3.77. The van der Waals surface area contributed by atoms with Gasteiger partial charge in [-0.25, -0.2) is 0 Å². The molecule has 1 fully saturated rings. The quantitative estimate of drug-likeness (QED) is 0.851. The van der Waals surface area contributed by atoms with Crippen LogP contribution in [-0.2, 0) is 13.1 Å². The molecule has 1 unspecified atom stereocenters. The van der Waals surface area contributed by atoms with Crippen LogP contribution in [0.15, 0.2) is 12.1 Å². The van der Waals surface area contributed by atoms with E-state index in [-0.39, 0.29) is 0 Å². The van der Waals surface area contributed by atoms with E-state index in [9.17, 15) is 0 Å². The molecule has 19 heavy (non-hydrogen) atoms. The van der Waals surface area contributed by atoms with Gasteiger partial charge in [0.2, 0.25) is 0 Å². The lowest BCUT2D eigenvalue weighted by atomic mass is 9.96. The van der Waals surface area contributed by atoms with Gasteiger partial charge < -0.3 is 5.32 Å². The Balaban J connectivity index is 1.82. The summed E-state index contributed by atoms with van der Waals surface area (Å²) >= 11 is 1.97. The van der Waals surface area contributed by atoms with Crippen LogP contribution in [-0.4, -0.2) is 24.0 Å². The number of nitrogens with zero attached hydrogens (tertiary/aromatic N) is 1. The zero-order valence-corrected chi connectivity index (χ0v) is 13.4. The molecule has 0 aromatic carbocycles. The van der Waals surface area contributed by atoms with Gasteiger partial charge in [0.25, 0.3) is 0 Å². The highest BCUT2D eigenvalue weighted by molar-refractivity contribution is 7.11. The topological polar surface area (TPSA) is 15.3 Å². The molecule has 2 heterocycles. The molecule has 108 valence electrons. The predicted octanol–water partition coefficient (Wildman–Crippen LogP) is 3.87. The SMILES string of the molecule is CCC1CCCN(Cc2ccc(CNC(C)C)s2)C1. The summed E-state index contributed by atoms with van der Waals surface area (Å²) < 4.78 is 0. The Morgan fingerprint density at radius 2 is 2.16 bits per heavy atom.